The fraction of sp³-hybridized carbons (Fsp3) is 0.529. The largest absolute Gasteiger partial charge is 0.341 e. The molecule has 2 heterocycles. The molecule has 2 aliphatic rings. The summed E-state index contributed by atoms with van der Waals surface area (Å²) in [6.45, 7) is 4.30. The molecule has 1 aromatic carbocycles. The lowest BCUT2D eigenvalue weighted by atomic mass is 10.1. The van der Waals surface area contributed by atoms with Crippen LogP contribution in [0.1, 0.15) is 23.2 Å². The quantitative estimate of drug-likeness (QED) is 0.865. The lowest BCUT2D eigenvalue weighted by Gasteiger charge is -2.24. The number of carbonyl (C=O) groups excluding carboxylic acids is 2. The molecular weight excluding hydrogens is 349 g/mol. The average molecular weight is 372 g/mol. The summed E-state index contributed by atoms with van der Waals surface area (Å²) >= 11 is 5.97. The van der Waals surface area contributed by atoms with Gasteiger partial charge in [-0.1, -0.05) is 17.7 Å². The number of nitrogens with zero attached hydrogens (tertiary/aromatic N) is 2. The SMILES string of the molecule is Cl.O=C(c1cccc(Cl)c1)N1CCCN(C(=O)C2CCNC2)CC1. The van der Waals surface area contributed by atoms with Crippen LogP contribution in [0, 0.1) is 5.92 Å². The van der Waals surface area contributed by atoms with Gasteiger partial charge in [-0.25, -0.2) is 0 Å². The maximum Gasteiger partial charge on any atom is 0.253 e. The van der Waals surface area contributed by atoms with Crippen LogP contribution in [0.5, 0.6) is 0 Å². The molecule has 2 aliphatic heterocycles. The van der Waals surface area contributed by atoms with Gasteiger partial charge >= 0.3 is 0 Å². The first-order chi connectivity index (χ1) is 11.1. The van der Waals surface area contributed by atoms with Crippen molar-refractivity contribution in [1.29, 1.82) is 0 Å². The molecule has 132 valence electrons. The topological polar surface area (TPSA) is 52.7 Å². The maximum atomic E-state index is 12.6. The van der Waals surface area contributed by atoms with E-state index in [1.54, 1.807) is 24.3 Å². The van der Waals surface area contributed by atoms with Gasteiger partial charge in [-0.3, -0.25) is 9.59 Å². The first kappa shape index (κ1) is 19.0. The van der Waals surface area contributed by atoms with Gasteiger partial charge in [0.05, 0.1) is 5.92 Å². The normalized spacial score (nSPS) is 21.1. The second-order valence-electron chi connectivity index (χ2n) is 6.17. The zero-order chi connectivity index (χ0) is 16.2. The highest BCUT2D eigenvalue weighted by molar-refractivity contribution is 6.30. The van der Waals surface area contributed by atoms with Gasteiger partial charge in [0, 0.05) is 43.3 Å². The van der Waals surface area contributed by atoms with Crippen LogP contribution >= 0.6 is 24.0 Å². The summed E-state index contributed by atoms with van der Waals surface area (Å²) in [5.41, 5.74) is 0.609. The summed E-state index contributed by atoms with van der Waals surface area (Å²) in [5.74, 6) is 0.321. The molecule has 0 spiro atoms. The van der Waals surface area contributed by atoms with Crippen LogP contribution in [-0.4, -0.2) is 60.9 Å². The van der Waals surface area contributed by atoms with E-state index in [0.717, 1.165) is 32.5 Å². The molecule has 1 atom stereocenters. The Bertz CT molecular complexity index is 591. The second-order valence-corrected chi connectivity index (χ2v) is 6.61. The smallest absolute Gasteiger partial charge is 0.253 e. The fourth-order valence-electron chi connectivity index (χ4n) is 3.27. The lowest BCUT2D eigenvalue weighted by molar-refractivity contribution is -0.134. The van der Waals surface area contributed by atoms with Crippen molar-refractivity contribution in [3.63, 3.8) is 0 Å². The third-order valence-corrected chi connectivity index (χ3v) is 4.81. The molecule has 2 saturated heterocycles. The third-order valence-electron chi connectivity index (χ3n) is 4.58. The van der Waals surface area contributed by atoms with E-state index in [4.69, 9.17) is 11.6 Å². The van der Waals surface area contributed by atoms with Crippen molar-refractivity contribution in [2.75, 3.05) is 39.3 Å². The Balaban J connectivity index is 0.00000208. The number of halogens is 2. The third kappa shape index (κ3) is 4.41. The van der Waals surface area contributed by atoms with Gasteiger partial charge in [0.2, 0.25) is 5.91 Å². The maximum absolute atomic E-state index is 12.6. The first-order valence-corrected chi connectivity index (χ1v) is 8.57. The fourth-order valence-corrected chi connectivity index (χ4v) is 3.46. The summed E-state index contributed by atoms with van der Waals surface area (Å²) < 4.78 is 0. The number of amides is 2. The molecule has 2 fully saturated rings. The highest BCUT2D eigenvalue weighted by Crippen LogP contribution is 2.16. The van der Waals surface area contributed by atoms with Crippen molar-refractivity contribution in [2.24, 2.45) is 5.92 Å². The second kappa shape index (κ2) is 8.70. The molecule has 1 N–H and O–H groups in total. The molecule has 5 nitrogen and oxygen atoms in total. The van der Waals surface area contributed by atoms with E-state index in [-0.39, 0.29) is 30.1 Å². The van der Waals surface area contributed by atoms with Crippen LogP contribution in [-0.2, 0) is 4.79 Å². The Hall–Kier alpha value is -1.30. The predicted octanol–water partition coefficient (Wildman–Crippen LogP) is 2.05. The summed E-state index contributed by atoms with van der Waals surface area (Å²) in [4.78, 5) is 28.8. The molecule has 0 bridgehead atoms. The molecule has 1 unspecified atom stereocenters. The average Bonchev–Trinajstić information content (AvgIpc) is 2.98. The van der Waals surface area contributed by atoms with Crippen molar-refractivity contribution in [2.45, 2.75) is 12.8 Å². The molecule has 3 rings (SSSR count). The minimum atomic E-state index is -0.00988. The Morgan fingerprint density at radius 3 is 2.58 bits per heavy atom. The Labute approximate surface area is 153 Å². The monoisotopic (exact) mass is 371 g/mol. The molecule has 7 heteroatoms. The number of rotatable bonds is 2. The van der Waals surface area contributed by atoms with E-state index in [0.29, 0.717) is 30.2 Å². The van der Waals surface area contributed by atoms with Crippen molar-refractivity contribution in [3.8, 4) is 0 Å². The van der Waals surface area contributed by atoms with Crippen LogP contribution in [0.2, 0.25) is 5.02 Å². The first-order valence-electron chi connectivity index (χ1n) is 8.19. The summed E-state index contributed by atoms with van der Waals surface area (Å²) in [7, 11) is 0. The number of hydrogen-bond donors (Lipinski definition) is 1. The van der Waals surface area contributed by atoms with Gasteiger partial charge in [-0.15, -0.1) is 12.4 Å². The van der Waals surface area contributed by atoms with Gasteiger partial charge in [-0.05, 0) is 37.6 Å². The van der Waals surface area contributed by atoms with Gasteiger partial charge in [0.1, 0.15) is 0 Å². The number of carbonyl (C=O) groups is 2. The van der Waals surface area contributed by atoms with Crippen LogP contribution in [0.15, 0.2) is 24.3 Å². The van der Waals surface area contributed by atoms with Gasteiger partial charge in [-0.2, -0.15) is 0 Å². The van der Waals surface area contributed by atoms with E-state index < -0.39 is 0 Å². The summed E-state index contributed by atoms with van der Waals surface area (Å²) in [6, 6.07) is 7.03. The van der Waals surface area contributed by atoms with Crippen LogP contribution in [0.25, 0.3) is 0 Å². The number of benzene rings is 1. The molecule has 0 saturated carbocycles. The van der Waals surface area contributed by atoms with Crippen molar-refractivity contribution in [3.05, 3.63) is 34.9 Å². The van der Waals surface area contributed by atoms with E-state index in [9.17, 15) is 9.59 Å². The predicted molar refractivity (Wildman–Crippen MR) is 96.8 cm³/mol. The molecular formula is C17H23Cl2N3O2. The number of hydrogen-bond acceptors (Lipinski definition) is 3. The van der Waals surface area contributed by atoms with Gasteiger partial charge in [0.25, 0.3) is 5.91 Å². The van der Waals surface area contributed by atoms with E-state index >= 15 is 0 Å². The highest BCUT2D eigenvalue weighted by Gasteiger charge is 2.29. The van der Waals surface area contributed by atoms with Crippen molar-refractivity contribution < 1.29 is 9.59 Å². The Morgan fingerprint density at radius 2 is 1.88 bits per heavy atom. The highest BCUT2D eigenvalue weighted by atomic mass is 35.5. The van der Waals surface area contributed by atoms with Crippen LogP contribution < -0.4 is 5.32 Å². The molecule has 0 radical (unpaired) electrons. The molecule has 0 aliphatic carbocycles. The molecule has 2 amide bonds. The Morgan fingerprint density at radius 1 is 1.12 bits per heavy atom. The number of nitrogens with one attached hydrogen (secondary N) is 1. The van der Waals surface area contributed by atoms with Crippen LogP contribution in [0.3, 0.4) is 0 Å². The van der Waals surface area contributed by atoms with Crippen molar-refractivity contribution >= 4 is 35.8 Å². The molecule has 0 aromatic heterocycles. The minimum absolute atomic E-state index is 0. The zero-order valence-corrected chi connectivity index (χ0v) is 15.1. The van der Waals surface area contributed by atoms with E-state index in [2.05, 4.69) is 5.32 Å². The van der Waals surface area contributed by atoms with E-state index in [1.165, 1.54) is 0 Å². The zero-order valence-electron chi connectivity index (χ0n) is 13.5. The molecule has 1 aromatic rings. The summed E-state index contributed by atoms with van der Waals surface area (Å²) in [6.07, 6.45) is 1.73. The standard InChI is InChI=1S/C17H22ClN3O2.ClH/c18-15-4-1-3-13(11-15)16(22)20-7-2-8-21(10-9-20)17(23)14-5-6-19-12-14;/h1,3-4,11,14,19H,2,5-10,12H2;1H. The summed E-state index contributed by atoms with van der Waals surface area (Å²) in [5, 5.41) is 3.80. The van der Waals surface area contributed by atoms with E-state index in [1.807, 2.05) is 9.80 Å². The Kier molecular flexibility index (Phi) is 6.90. The lowest BCUT2D eigenvalue weighted by Crippen LogP contribution is -2.40. The van der Waals surface area contributed by atoms with Crippen molar-refractivity contribution in [1.82, 2.24) is 15.1 Å². The van der Waals surface area contributed by atoms with Crippen LogP contribution in [0.4, 0.5) is 0 Å². The molecule has 24 heavy (non-hydrogen) atoms. The minimum Gasteiger partial charge on any atom is -0.341 e. The van der Waals surface area contributed by atoms with Gasteiger partial charge < -0.3 is 15.1 Å². The van der Waals surface area contributed by atoms with Gasteiger partial charge in [0.15, 0.2) is 0 Å².